The highest BCUT2D eigenvalue weighted by molar-refractivity contribution is 6.33. The van der Waals surface area contributed by atoms with Crippen molar-refractivity contribution in [2.75, 3.05) is 0 Å². The maximum Gasteiger partial charge on any atom is 0.166 e. The Balaban J connectivity index is 2.85. The molecule has 0 bridgehead atoms. The van der Waals surface area contributed by atoms with Gasteiger partial charge in [-0.25, -0.2) is 9.50 Å². The third-order valence-electron chi connectivity index (χ3n) is 1.70. The van der Waals surface area contributed by atoms with Crippen LogP contribution in [0.2, 0.25) is 5.15 Å². The lowest BCUT2D eigenvalue weighted by Crippen LogP contribution is -2.04. The lowest BCUT2D eigenvalue weighted by Gasteiger charge is -1.97. The van der Waals surface area contributed by atoms with Crippen molar-refractivity contribution in [1.29, 1.82) is 0 Å². The Labute approximate surface area is 79.9 Å². The summed E-state index contributed by atoms with van der Waals surface area (Å²) >= 11 is 5.88. The van der Waals surface area contributed by atoms with Crippen molar-refractivity contribution in [3.8, 4) is 0 Å². The van der Waals surface area contributed by atoms with E-state index in [1.807, 2.05) is 7.85 Å². The quantitative estimate of drug-likeness (QED) is 0.347. The molecule has 0 aromatic carbocycles. The fourth-order valence-electron chi connectivity index (χ4n) is 1.11. The molecule has 0 atom stereocenters. The van der Waals surface area contributed by atoms with Gasteiger partial charge >= 0.3 is 0 Å². The van der Waals surface area contributed by atoms with E-state index in [2.05, 4.69) is 10.1 Å². The maximum absolute atomic E-state index is 10.5. The van der Waals surface area contributed by atoms with Crippen molar-refractivity contribution in [2.24, 2.45) is 0 Å². The molecule has 0 amide bonds. The highest BCUT2D eigenvalue weighted by Crippen LogP contribution is 2.12. The van der Waals surface area contributed by atoms with E-state index in [4.69, 9.17) is 11.6 Å². The first-order chi connectivity index (χ1) is 6.22. The smallest absolute Gasteiger partial charge is 0.166 e. The van der Waals surface area contributed by atoms with Gasteiger partial charge in [0.2, 0.25) is 0 Å². The number of carbonyl (C=O) groups excluding carboxylic acids is 1. The minimum absolute atomic E-state index is 0.299. The summed E-state index contributed by atoms with van der Waals surface area (Å²) in [6.45, 7) is 0. The normalized spacial score (nSPS) is 10.5. The van der Waals surface area contributed by atoms with Crippen molar-refractivity contribution < 1.29 is 4.79 Å². The van der Waals surface area contributed by atoms with Crippen LogP contribution in [0, 0.1) is 0 Å². The number of halogens is 1. The zero-order valence-electron chi connectivity index (χ0n) is 6.86. The van der Waals surface area contributed by atoms with E-state index in [1.165, 1.54) is 10.7 Å². The molecule has 0 fully saturated rings. The molecule has 0 saturated carbocycles. The first kappa shape index (κ1) is 8.25. The topological polar surface area (TPSA) is 47.3 Å². The number of hydrogen-bond acceptors (Lipinski definition) is 3. The number of carbonyl (C=O) groups is 1. The predicted molar refractivity (Wildman–Crippen MR) is 51.6 cm³/mol. The van der Waals surface area contributed by atoms with Gasteiger partial charge in [-0.2, -0.15) is 5.10 Å². The average Bonchev–Trinajstić information content (AvgIpc) is 2.47. The second-order valence-corrected chi connectivity index (χ2v) is 3.04. The molecular formula is C7H5BClN3O. The van der Waals surface area contributed by atoms with Crippen LogP contribution in [0.5, 0.6) is 0 Å². The van der Waals surface area contributed by atoms with Crippen molar-refractivity contribution in [2.45, 2.75) is 0 Å². The van der Waals surface area contributed by atoms with E-state index in [0.717, 1.165) is 5.59 Å². The zero-order chi connectivity index (χ0) is 9.42. The first-order valence-electron chi connectivity index (χ1n) is 3.68. The minimum Gasteiger partial charge on any atom is -0.298 e. The van der Waals surface area contributed by atoms with Crippen molar-refractivity contribution in [1.82, 2.24) is 14.6 Å². The molecule has 2 aromatic rings. The Morgan fingerprint density at radius 2 is 2.38 bits per heavy atom. The summed E-state index contributed by atoms with van der Waals surface area (Å²) in [5, 5.41) is 4.38. The van der Waals surface area contributed by atoms with Crippen LogP contribution in [0.3, 0.4) is 0 Å². The molecule has 0 aliphatic carbocycles. The van der Waals surface area contributed by atoms with Crippen LogP contribution in [0.1, 0.15) is 10.4 Å². The Morgan fingerprint density at radius 1 is 1.62 bits per heavy atom. The van der Waals surface area contributed by atoms with Gasteiger partial charge in [-0.15, -0.1) is 0 Å². The van der Waals surface area contributed by atoms with Crippen LogP contribution >= 0.6 is 11.6 Å². The lowest BCUT2D eigenvalue weighted by atomic mass is 10.1. The molecule has 64 valence electrons. The molecule has 0 aliphatic rings. The molecule has 2 heterocycles. The summed E-state index contributed by atoms with van der Waals surface area (Å²) in [6, 6.07) is 1.79. The first-order valence-corrected chi connectivity index (χ1v) is 4.06. The summed E-state index contributed by atoms with van der Waals surface area (Å²) in [4.78, 5) is 14.5. The van der Waals surface area contributed by atoms with Gasteiger partial charge in [0.1, 0.15) is 5.15 Å². The number of aldehydes is 1. The molecule has 0 spiro atoms. The molecule has 0 unspecified atom stereocenters. The fraction of sp³-hybridized carbons (Fsp3) is 0. The van der Waals surface area contributed by atoms with E-state index >= 15 is 0 Å². The molecular weight excluding hydrogens is 188 g/mol. The SMILES string of the molecule is Bc1cc2ncc(C=O)c(Cl)n2n1. The zero-order valence-corrected chi connectivity index (χ0v) is 7.62. The molecule has 2 aromatic heterocycles. The second kappa shape index (κ2) is 2.85. The van der Waals surface area contributed by atoms with Gasteiger partial charge in [0.15, 0.2) is 19.8 Å². The molecule has 6 heteroatoms. The van der Waals surface area contributed by atoms with E-state index < -0.39 is 0 Å². The molecule has 2 rings (SSSR count). The van der Waals surface area contributed by atoms with Gasteiger partial charge in [0.05, 0.1) is 5.56 Å². The molecule has 0 aliphatic heterocycles. The molecule has 0 N–H and O–H groups in total. The van der Waals surface area contributed by atoms with E-state index in [1.54, 1.807) is 6.07 Å². The summed E-state index contributed by atoms with van der Waals surface area (Å²) in [7, 11) is 1.84. The number of hydrogen-bond donors (Lipinski definition) is 0. The van der Waals surface area contributed by atoms with E-state index in [9.17, 15) is 4.79 Å². The molecule has 0 radical (unpaired) electrons. The van der Waals surface area contributed by atoms with Crippen LogP contribution in [0.25, 0.3) is 5.65 Å². The summed E-state index contributed by atoms with van der Waals surface area (Å²) in [5.74, 6) is 0. The van der Waals surface area contributed by atoms with E-state index in [-0.39, 0.29) is 0 Å². The van der Waals surface area contributed by atoms with Crippen molar-refractivity contribution in [3.05, 3.63) is 23.0 Å². The average molecular weight is 193 g/mol. The van der Waals surface area contributed by atoms with Crippen LogP contribution in [0.4, 0.5) is 0 Å². The van der Waals surface area contributed by atoms with Gasteiger partial charge < -0.3 is 0 Å². The van der Waals surface area contributed by atoms with Gasteiger partial charge in [-0.3, -0.25) is 4.79 Å². The van der Waals surface area contributed by atoms with Crippen molar-refractivity contribution >= 4 is 37.0 Å². The van der Waals surface area contributed by atoms with Crippen molar-refractivity contribution in [3.63, 3.8) is 0 Å². The number of rotatable bonds is 1. The van der Waals surface area contributed by atoms with Crippen LogP contribution < -0.4 is 5.59 Å². The molecule has 0 saturated heterocycles. The van der Waals surface area contributed by atoms with Gasteiger partial charge in [0, 0.05) is 11.8 Å². The Hall–Kier alpha value is -1.36. The van der Waals surface area contributed by atoms with E-state index in [0.29, 0.717) is 22.6 Å². The molecule has 4 nitrogen and oxygen atoms in total. The van der Waals surface area contributed by atoms with Gasteiger partial charge in [0.25, 0.3) is 0 Å². The lowest BCUT2D eigenvalue weighted by molar-refractivity contribution is 0.112. The van der Waals surface area contributed by atoms with Crippen LogP contribution in [-0.4, -0.2) is 28.7 Å². The Kier molecular flexibility index (Phi) is 1.81. The highest BCUT2D eigenvalue weighted by atomic mass is 35.5. The highest BCUT2D eigenvalue weighted by Gasteiger charge is 2.06. The number of fused-ring (bicyclic) bond motifs is 1. The number of aromatic nitrogens is 3. The van der Waals surface area contributed by atoms with Gasteiger partial charge in [-0.1, -0.05) is 11.6 Å². The predicted octanol–water partition coefficient (Wildman–Crippen LogP) is -0.546. The Morgan fingerprint density at radius 3 is 3.08 bits per heavy atom. The summed E-state index contributed by atoms with van der Waals surface area (Å²) in [5.41, 5.74) is 1.81. The fourth-order valence-corrected chi connectivity index (χ4v) is 1.33. The minimum atomic E-state index is 0.299. The number of nitrogens with zero attached hydrogens (tertiary/aromatic N) is 3. The summed E-state index contributed by atoms with van der Waals surface area (Å²) in [6.07, 6.45) is 2.09. The maximum atomic E-state index is 10.5. The second-order valence-electron chi connectivity index (χ2n) is 2.68. The van der Waals surface area contributed by atoms with Crippen LogP contribution in [0.15, 0.2) is 12.3 Å². The third kappa shape index (κ3) is 1.21. The summed E-state index contributed by atoms with van der Waals surface area (Å²) < 4.78 is 1.45. The monoisotopic (exact) mass is 193 g/mol. The Bertz CT molecular complexity index is 482. The largest absolute Gasteiger partial charge is 0.298 e. The van der Waals surface area contributed by atoms with Crippen LogP contribution in [-0.2, 0) is 0 Å². The standard InChI is InChI=1S/C7H5BClN3O/c8-5-1-6-10-2-4(3-13)7(9)12(6)11-5/h1-3H,8H2. The third-order valence-corrected chi connectivity index (χ3v) is 2.08. The van der Waals surface area contributed by atoms with Gasteiger partial charge in [-0.05, 0) is 6.07 Å². The molecule has 13 heavy (non-hydrogen) atoms.